The van der Waals surface area contributed by atoms with Crippen molar-refractivity contribution in [1.29, 1.82) is 0 Å². The molecular weight excluding hydrogens is 478 g/mol. The summed E-state index contributed by atoms with van der Waals surface area (Å²) in [5, 5.41) is 12.7. The Morgan fingerprint density at radius 3 is 1.92 bits per heavy atom. The summed E-state index contributed by atoms with van der Waals surface area (Å²) in [7, 11) is 0. The number of rotatable bonds is 16. The minimum atomic E-state index is -1.08. The third kappa shape index (κ3) is 13.3. The van der Waals surface area contributed by atoms with Crippen molar-refractivity contribution in [3.63, 3.8) is 0 Å². The summed E-state index contributed by atoms with van der Waals surface area (Å²) < 4.78 is 16.3. The van der Waals surface area contributed by atoms with Gasteiger partial charge < -0.3 is 24.6 Å². The number of aliphatic carboxylic acids is 1. The van der Waals surface area contributed by atoms with Crippen LogP contribution in [0.4, 0.5) is 0 Å². The number of carbonyl (C=O) groups is 4. The number of esters is 3. The Balaban J connectivity index is 2.96. The van der Waals surface area contributed by atoms with Crippen molar-refractivity contribution >= 4 is 23.9 Å². The van der Waals surface area contributed by atoms with Gasteiger partial charge in [0.15, 0.2) is 11.5 Å². The molecule has 37 heavy (non-hydrogen) atoms. The number of nitrogens with one attached hydrogen (secondary N) is 1. The van der Waals surface area contributed by atoms with E-state index in [1.165, 1.54) is 12.1 Å². The van der Waals surface area contributed by atoms with Crippen molar-refractivity contribution in [1.82, 2.24) is 5.32 Å². The van der Waals surface area contributed by atoms with Crippen molar-refractivity contribution in [3.05, 3.63) is 23.8 Å². The Morgan fingerprint density at radius 2 is 1.41 bits per heavy atom. The molecule has 2 unspecified atom stereocenters. The average molecular weight is 522 g/mol. The van der Waals surface area contributed by atoms with Crippen LogP contribution in [0.5, 0.6) is 11.5 Å². The van der Waals surface area contributed by atoms with Gasteiger partial charge >= 0.3 is 23.9 Å². The quantitative estimate of drug-likeness (QED) is 0.238. The first kappa shape index (κ1) is 32.1. The second-order valence-corrected chi connectivity index (χ2v) is 10.4. The number of ether oxygens (including phenoxy) is 3. The van der Waals surface area contributed by atoms with Crippen LogP contribution in [0.2, 0.25) is 0 Å². The van der Waals surface area contributed by atoms with Gasteiger partial charge in [-0.15, -0.1) is 0 Å². The van der Waals surface area contributed by atoms with Crippen LogP contribution >= 0.6 is 0 Å². The number of hydrogen-bond acceptors (Lipinski definition) is 8. The van der Waals surface area contributed by atoms with Crippen LogP contribution in [0.1, 0.15) is 79.7 Å². The van der Waals surface area contributed by atoms with Gasteiger partial charge in [-0.1, -0.05) is 54.0 Å². The molecule has 0 heterocycles. The van der Waals surface area contributed by atoms with E-state index in [9.17, 15) is 24.3 Å². The van der Waals surface area contributed by atoms with E-state index >= 15 is 0 Å². The van der Waals surface area contributed by atoms with Gasteiger partial charge in [-0.3, -0.25) is 19.2 Å². The lowest BCUT2D eigenvalue weighted by molar-refractivity contribution is -0.149. The predicted octanol–water partition coefficient (Wildman–Crippen LogP) is 4.54. The Bertz CT molecular complexity index is 911. The first-order valence-electron chi connectivity index (χ1n) is 13.0. The van der Waals surface area contributed by atoms with E-state index in [-0.39, 0.29) is 61.0 Å². The molecule has 0 bridgehead atoms. The van der Waals surface area contributed by atoms with E-state index in [1.807, 2.05) is 41.5 Å². The Hall–Kier alpha value is -2.94. The molecule has 3 atom stereocenters. The van der Waals surface area contributed by atoms with Crippen LogP contribution in [-0.2, 0) is 30.3 Å². The van der Waals surface area contributed by atoms with Gasteiger partial charge in [0.2, 0.25) is 0 Å². The van der Waals surface area contributed by atoms with Crippen molar-refractivity contribution < 1.29 is 38.5 Å². The maximum Gasteiger partial charge on any atom is 0.321 e. The smallest absolute Gasteiger partial charge is 0.321 e. The summed E-state index contributed by atoms with van der Waals surface area (Å²) >= 11 is 0. The minimum Gasteiger partial charge on any atom is -0.480 e. The zero-order valence-corrected chi connectivity index (χ0v) is 23.2. The first-order valence-corrected chi connectivity index (χ1v) is 13.0. The van der Waals surface area contributed by atoms with Crippen LogP contribution < -0.4 is 14.8 Å². The van der Waals surface area contributed by atoms with Crippen LogP contribution in [0.3, 0.4) is 0 Å². The molecule has 9 heteroatoms. The van der Waals surface area contributed by atoms with E-state index < -0.39 is 30.1 Å². The zero-order chi connectivity index (χ0) is 28.1. The predicted molar refractivity (Wildman–Crippen MR) is 139 cm³/mol. The Kier molecular flexibility index (Phi) is 13.9. The summed E-state index contributed by atoms with van der Waals surface area (Å²) in [6.07, 6.45) is 1.12. The number of benzene rings is 1. The lowest BCUT2D eigenvalue weighted by Crippen LogP contribution is -2.42. The molecule has 1 aromatic carbocycles. The molecule has 0 radical (unpaired) electrons. The van der Waals surface area contributed by atoms with Gasteiger partial charge in [-0.25, -0.2) is 0 Å². The molecule has 0 fully saturated rings. The SMILES string of the molecule is CCC(C)CC(=O)OC(C)CN[C@@H](Cc1ccc(OC(=O)CC(C)C)c(OC(=O)CC(C)C)c1)C(=O)O. The van der Waals surface area contributed by atoms with Crippen molar-refractivity contribution in [2.45, 2.75) is 92.7 Å². The van der Waals surface area contributed by atoms with Gasteiger partial charge in [0.25, 0.3) is 0 Å². The minimum absolute atomic E-state index is 0.0664. The maximum atomic E-state index is 12.3. The van der Waals surface area contributed by atoms with Crippen LogP contribution in [0.25, 0.3) is 0 Å². The number of hydrogen-bond donors (Lipinski definition) is 2. The lowest BCUT2D eigenvalue weighted by Gasteiger charge is -2.20. The summed E-state index contributed by atoms with van der Waals surface area (Å²) in [4.78, 5) is 48.4. The highest BCUT2D eigenvalue weighted by atomic mass is 16.6. The molecule has 2 N–H and O–H groups in total. The van der Waals surface area contributed by atoms with E-state index in [4.69, 9.17) is 14.2 Å². The van der Waals surface area contributed by atoms with Crippen LogP contribution in [-0.4, -0.2) is 47.7 Å². The molecule has 0 aliphatic rings. The van der Waals surface area contributed by atoms with Crippen LogP contribution in [0, 0.1) is 17.8 Å². The van der Waals surface area contributed by atoms with Crippen molar-refractivity contribution in [2.24, 2.45) is 17.8 Å². The second kappa shape index (κ2) is 16.0. The fraction of sp³-hybridized carbons (Fsp3) is 0.643. The molecule has 0 spiro atoms. The fourth-order valence-corrected chi connectivity index (χ4v) is 3.37. The monoisotopic (exact) mass is 521 g/mol. The highest BCUT2D eigenvalue weighted by molar-refractivity contribution is 5.77. The largest absolute Gasteiger partial charge is 0.480 e. The van der Waals surface area contributed by atoms with Crippen molar-refractivity contribution in [3.8, 4) is 11.5 Å². The maximum absolute atomic E-state index is 12.3. The summed E-state index contributed by atoms with van der Waals surface area (Å²) in [6.45, 7) is 13.4. The third-order valence-corrected chi connectivity index (χ3v) is 5.54. The topological polar surface area (TPSA) is 128 Å². The molecule has 0 amide bonds. The molecule has 0 aliphatic heterocycles. The molecule has 0 aliphatic carbocycles. The molecule has 1 rings (SSSR count). The number of carboxylic acid groups (broad SMARTS) is 1. The molecule has 0 saturated carbocycles. The number of carboxylic acids is 1. The standard InChI is InChI=1S/C28H43NO8/c1-8-19(6)13-27(32)35-20(7)16-29-22(28(33)34)14-21-9-10-23(36-25(30)11-17(2)3)24(15-21)37-26(31)12-18(4)5/h9-10,15,17-20,22,29H,8,11-14,16H2,1-7H3,(H,33,34)/t19?,20?,22-/m0/s1. The molecule has 0 aromatic heterocycles. The highest BCUT2D eigenvalue weighted by Crippen LogP contribution is 2.30. The van der Waals surface area contributed by atoms with E-state index in [0.717, 1.165) is 6.42 Å². The van der Waals surface area contributed by atoms with Gasteiger partial charge in [0.05, 0.1) is 0 Å². The lowest BCUT2D eigenvalue weighted by atomic mass is 10.0. The second-order valence-electron chi connectivity index (χ2n) is 10.4. The summed E-state index contributed by atoms with van der Waals surface area (Å²) in [6, 6.07) is 3.67. The molecule has 0 saturated heterocycles. The zero-order valence-electron chi connectivity index (χ0n) is 23.2. The molecule has 9 nitrogen and oxygen atoms in total. The van der Waals surface area contributed by atoms with Gasteiger partial charge in [-0.2, -0.15) is 0 Å². The van der Waals surface area contributed by atoms with E-state index in [2.05, 4.69) is 5.32 Å². The van der Waals surface area contributed by atoms with Gasteiger partial charge in [0, 0.05) is 25.8 Å². The third-order valence-electron chi connectivity index (χ3n) is 5.54. The van der Waals surface area contributed by atoms with Crippen LogP contribution in [0.15, 0.2) is 18.2 Å². The molecule has 1 aromatic rings. The fourth-order valence-electron chi connectivity index (χ4n) is 3.37. The molecule has 208 valence electrons. The van der Waals surface area contributed by atoms with E-state index in [1.54, 1.807) is 13.0 Å². The first-order chi connectivity index (χ1) is 17.3. The van der Waals surface area contributed by atoms with Gasteiger partial charge in [0.1, 0.15) is 12.1 Å². The number of carbonyl (C=O) groups excluding carboxylic acids is 3. The summed E-state index contributed by atoms with van der Waals surface area (Å²) in [5.74, 6) is -1.77. The Morgan fingerprint density at radius 1 is 0.838 bits per heavy atom. The normalized spacial score (nSPS) is 13.6. The average Bonchev–Trinajstić information content (AvgIpc) is 2.76. The summed E-state index contributed by atoms with van der Waals surface area (Å²) in [5.41, 5.74) is 0.567. The van der Waals surface area contributed by atoms with E-state index in [0.29, 0.717) is 12.0 Å². The highest BCUT2D eigenvalue weighted by Gasteiger charge is 2.22. The van der Waals surface area contributed by atoms with Gasteiger partial charge in [-0.05, 0) is 48.8 Å². The van der Waals surface area contributed by atoms with Crippen molar-refractivity contribution in [2.75, 3.05) is 6.54 Å². The Labute approximate surface area is 220 Å². The molecular formula is C28H43NO8.